The Balaban J connectivity index is 3.17. The molecule has 2 N–H and O–H groups in total. The molecule has 0 spiro atoms. The number of hydrogen-bond donors (Lipinski definition) is 2. The number of benzene rings is 1. The first-order valence-electron chi connectivity index (χ1n) is 7.33. The van der Waals surface area contributed by atoms with Gasteiger partial charge in [0.15, 0.2) is 0 Å². The number of hydrogen-bond acceptors (Lipinski definition) is 2. The van der Waals surface area contributed by atoms with E-state index in [1.807, 2.05) is 20.8 Å². The topological polar surface area (TPSA) is 49.3 Å². The van der Waals surface area contributed by atoms with Gasteiger partial charge in [0, 0.05) is 18.2 Å². The largest absolute Gasteiger partial charge is 0.396 e. The maximum absolute atomic E-state index is 12.6. The van der Waals surface area contributed by atoms with Crippen LogP contribution < -0.4 is 5.32 Å². The lowest BCUT2D eigenvalue weighted by Crippen LogP contribution is -2.36. The molecule has 1 amide bonds. The van der Waals surface area contributed by atoms with Crippen molar-refractivity contribution in [3.05, 3.63) is 33.4 Å². The average Bonchev–Trinajstić information content (AvgIpc) is 2.42. The molecule has 0 aliphatic carbocycles. The molecule has 0 aromatic heterocycles. The summed E-state index contributed by atoms with van der Waals surface area (Å²) in [6, 6.07) is 0.0354. The maximum atomic E-state index is 12.6. The molecule has 0 heterocycles. The van der Waals surface area contributed by atoms with E-state index in [1.54, 1.807) is 0 Å². The van der Waals surface area contributed by atoms with Gasteiger partial charge in [-0.05, 0) is 75.3 Å². The van der Waals surface area contributed by atoms with Gasteiger partial charge >= 0.3 is 0 Å². The Morgan fingerprint density at radius 1 is 1.00 bits per heavy atom. The van der Waals surface area contributed by atoms with Gasteiger partial charge in [-0.25, -0.2) is 0 Å². The molecule has 3 heteroatoms. The van der Waals surface area contributed by atoms with Crippen molar-refractivity contribution in [2.45, 2.75) is 60.4 Å². The zero-order valence-corrected chi connectivity index (χ0v) is 13.6. The lowest BCUT2D eigenvalue weighted by molar-refractivity contribution is 0.0927. The number of nitrogens with one attached hydrogen (secondary N) is 1. The van der Waals surface area contributed by atoms with Crippen molar-refractivity contribution in [2.75, 3.05) is 6.61 Å². The smallest absolute Gasteiger partial charge is 0.252 e. The minimum absolute atomic E-state index is 0.0218. The first-order valence-corrected chi connectivity index (χ1v) is 7.33. The first-order chi connectivity index (χ1) is 9.34. The molecule has 0 bridgehead atoms. The van der Waals surface area contributed by atoms with Crippen LogP contribution in [0, 0.1) is 34.6 Å². The molecular weight excluding hydrogens is 250 g/mol. The molecule has 0 aliphatic heterocycles. The molecule has 1 aromatic rings. The minimum Gasteiger partial charge on any atom is -0.396 e. The average molecular weight is 277 g/mol. The second kappa shape index (κ2) is 6.89. The summed E-state index contributed by atoms with van der Waals surface area (Å²) in [7, 11) is 0. The predicted octanol–water partition coefficient (Wildman–Crippen LogP) is 3.12. The SMILES string of the molecule is CCC(CCO)NC(=O)c1c(C)c(C)c(C)c(C)c1C. The van der Waals surface area contributed by atoms with Gasteiger partial charge in [0.1, 0.15) is 0 Å². The van der Waals surface area contributed by atoms with Gasteiger partial charge < -0.3 is 10.4 Å². The number of carbonyl (C=O) groups is 1. The summed E-state index contributed by atoms with van der Waals surface area (Å²) in [5, 5.41) is 12.1. The van der Waals surface area contributed by atoms with Crippen molar-refractivity contribution in [1.82, 2.24) is 5.32 Å². The van der Waals surface area contributed by atoms with E-state index in [1.165, 1.54) is 16.7 Å². The Labute approximate surface area is 122 Å². The highest BCUT2D eigenvalue weighted by Gasteiger charge is 2.19. The van der Waals surface area contributed by atoms with Crippen LogP contribution in [0.5, 0.6) is 0 Å². The van der Waals surface area contributed by atoms with E-state index in [4.69, 9.17) is 5.11 Å². The van der Waals surface area contributed by atoms with Crippen LogP contribution in [0.25, 0.3) is 0 Å². The minimum atomic E-state index is -0.0218. The summed E-state index contributed by atoms with van der Waals surface area (Å²) in [5.41, 5.74) is 6.55. The standard InChI is InChI=1S/C17H27NO2/c1-7-15(8-9-19)18-17(20)16-13(5)11(3)10(2)12(4)14(16)6/h15,19H,7-9H2,1-6H3,(H,18,20). The van der Waals surface area contributed by atoms with E-state index in [-0.39, 0.29) is 18.6 Å². The van der Waals surface area contributed by atoms with Gasteiger partial charge in [-0.15, -0.1) is 0 Å². The highest BCUT2D eigenvalue weighted by Crippen LogP contribution is 2.26. The third-order valence-electron chi connectivity index (χ3n) is 4.53. The van der Waals surface area contributed by atoms with Crippen LogP contribution in [-0.4, -0.2) is 23.7 Å². The molecule has 0 saturated heterocycles. The van der Waals surface area contributed by atoms with Gasteiger partial charge in [-0.3, -0.25) is 4.79 Å². The van der Waals surface area contributed by atoms with Gasteiger partial charge in [-0.1, -0.05) is 6.92 Å². The molecule has 1 atom stereocenters. The van der Waals surface area contributed by atoms with E-state index in [0.29, 0.717) is 6.42 Å². The normalized spacial score (nSPS) is 12.3. The predicted molar refractivity (Wildman–Crippen MR) is 83.4 cm³/mol. The second-order valence-corrected chi connectivity index (χ2v) is 5.59. The van der Waals surface area contributed by atoms with Crippen LogP contribution in [-0.2, 0) is 0 Å². The Kier molecular flexibility index (Phi) is 5.75. The third-order valence-corrected chi connectivity index (χ3v) is 4.53. The van der Waals surface area contributed by atoms with Crippen LogP contribution in [0.15, 0.2) is 0 Å². The number of aliphatic hydroxyl groups is 1. The van der Waals surface area contributed by atoms with Crippen LogP contribution >= 0.6 is 0 Å². The fourth-order valence-corrected chi connectivity index (χ4v) is 2.63. The summed E-state index contributed by atoms with van der Waals surface area (Å²) >= 11 is 0. The van der Waals surface area contributed by atoms with Crippen molar-refractivity contribution < 1.29 is 9.90 Å². The summed E-state index contributed by atoms with van der Waals surface area (Å²) in [6.45, 7) is 12.4. The maximum Gasteiger partial charge on any atom is 0.252 e. The molecule has 1 unspecified atom stereocenters. The van der Waals surface area contributed by atoms with Crippen LogP contribution in [0.3, 0.4) is 0 Å². The van der Waals surface area contributed by atoms with E-state index in [0.717, 1.165) is 23.1 Å². The van der Waals surface area contributed by atoms with Gasteiger partial charge in [0.25, 0.3) is 5.91 Å². The quantitative estimate of drug-likeness (QED) is 0.868. The van der Waals surface area contributed by atoms with Crippen molar-refractivity contribution in [3.8, 4) is 0 Å². The zero-order valence-electron chi connectivity index (χ0n) is 13.6. The molecule has 1 aromatic carbocycles. The van der Waals surface area contributed by atoms with Crippen molar-refractivity contribution in [3.63, 3.8) is 0 Å². The van der Waals surface area contributed by atoms with E-state index in [2.05, 4.69) is 26.1 Å². The highest BCUT2D eigenvalue weighted by atomic mass is 16.3. The molecule has 20 heavy (non-hydrogen) atoms. The van der Waals surface area contributed by atoms with E-state index in [9.17, 15) is 4.79 Å². The van der Waals surface area contributed by atoms with Gasteiger partial charge in [0.2, 0.25) is 0 Å². The summed E-state index contributed by atoms with van der Waals surface area (Å²) in [4.78, 5) is 12.6. The second-order valence-electron chi connectivity index (χ2n) is 5.59. The molecule has 0 radical (unpaired) electrons. The monoisotopic (exact) mass is 277 g/mol. The van der Waals surface area contributed by atoms with Gasteiger partial charge in [0.05, 0.1) is 0 Å². The van der Waals surface area contributed by atoms with Crippen molar-refractivity contribution in [1.29, 1.82) is 0 Å². The summed E-state index contributed by atoms with van der Waals surface area (Å²) in [6.07, 6.45) is 1.43. The Bertz CT molecular complexity index is 477. The Hall–Kier alpha value is -1.35. The molecule has 3 nitrogen and oxygen atoms in total. The highest BCUT2D eigenvalue weighted by molar-refractivity contribution is 5.98. The molecule has 112 valence electrons. The fourth-order valence-electron chi connectivity index (χ4n) is 2.63. The molecule has 0 aliphatic rings. The zero-order chi connectivity index (χ0) is 15.4. The van der Waals surface area contributed by atoms with Crippen LogP contribution in [0.2, 0.25) is 0 Å². The Morgan fingerprint density at radius 3 is 1.85 bits per heavy atom. The lowest BCUT2D eigenvalue weighted by atomic mass is 9.89. The Morgan fingerprint density at radius 2 is 1.45 bits per heavy atom. The van der Waals surface area contributed by atoms with Crippen molar-refractivity contribution >= 4 is 5.91 Å². The number of aliphatic hydroxyl groups excluding tert-OH is 1. The van der Waals surface area contributed by atoms with E-state index < -0.39 is 0 Å². The van der Waals surface area contributed by atoms with Gasteiger partial charge in [-0.2, -0.15) is 0 Å². The van der Waals surface area contributed by atoms with E-state index >= 15 is 0 Å². The number of carbonyl (C=O) groups excluding carboxylic acids is 1. The van der Waals surface area contributed by atoms with Crippen molar-refractivity contribution in [2.24, 2.45) is 0 Å². The molecular formula is C17H27NO2. The third kappa shape index (κ3) is 3.21. The number of amides is 1. The summed E-state index contributed by atoms with van der Waals surface area (Å²) < 4.78 is 0. The van der Waals surface area contributed by atoms with Crippen LogP contribution in [0.1, 0.15) is 57.9 Å². The number of rotatable bonds is 5. The molecule has 0 saturated carbocycles. The summed E-state index contributed by atoms with van der Waals surface area (Å²) in [5.74, 6) is -0.0218. The van der Waals surface area contributed by atoms with Crippen LogP contribution in [0.4, 0.5) is 0 Å². The lowest BCUT2D eigenvalue weighted by Gasteiger charge is -2.21. The molecule has 1 rings (SSSR count). The fraction of sp³-hybridized carbons (Fsp3) is 0.588. The molecule has 0 fully saturated rings. The first kappa shape index (κ1) is 16.7.